The van der Waals surface area contributed by atoms with Crippen molar-refractivity contribution >= 4 is 18.0 Å². The van der Waals surface area contributed by atoms with E-state index in [1.54, 1.807) is 0 Å². The van der Waals surface area contributed by atoms with Gasteiger partial charge < -0.3 is 20.5 Å². The first kappa shape index (κ1) is 22.4. The summed E-state index contributed by atoms with van der Waals surface area (Å²) in [5, 5.41) is 15.1. The first-order valence-corrected chi connectivity index (χ1v) is 12.0. The van der Waals surface area contributed by atoms with E-state index in [9.17, 15) is 14.4 Å². The van der Waals surface area contributed by atoms with Crippen molar-refractivity contribution in [3.8, 4) is 11.1 Å². The van der Waals surface area contributed by atoms with Crippen LogP contribution in [0.15, 0.2) is 48.5 Å². The summed E-state index contributed by atoms with van der Waals surface area (Å²) in [4.78, 5) is 37.1. The highest BCUT2D eigenvalue weighted by molar-refractivity contribution is 5.86. The number of rotatable bonds is 7. The van der Waals surface area contributed by atoms with Gasteiger partial charge in [-0.15, -0.1) is 0 Å². The number of carboxylic acids is 1. The Hall–Kier alpha value is -3.35. The number of aliphatic carboxylic acids is 1. The predicted octanol–water partition coefficient (Wildman–Crippen LogP) is 4.21. The second kappa shape index (κ2) is 8.46. The number of carbonyl (C=O) groups is 3. The Balaban J connectivity index is 1.23. The lowest BCUT2D eigenvalue weighted by molar-refractivity contribution is -0.138. The quantitative estimate of drug-likeness (QED) is 0.572. The molecule has 0 aromatic heterocycles. The summed E-state index contributed by atoms with van der Waals surface area (Å²) in [6, 6.07) is 16.0. The van der Waals surface area contributed by atoms with Gasteiger partial charge in [-0.25, -0.2) is 4.79 Å². The molecule has 7 heteroatoms. The number of alkyl carbamates (subject to hydrolysis) is 1. The highest BCUT2D eigenvalue weighted by atomic mass is 16.5. The molecule has 3 aliphatic carbocycles. The molecule has 0 saturated heterocycles. The van der Waals surface area contributed by atoms with Crippen LogP contribution in [-0.4, -0.2) is 41.3 Å². The van der Waals surface area contributed by atoms with Crippen molar-refractivity contribution in [3.63, 3.8) is 0 Å². The van der Waals surface area contributed by atoms with Gasteiger partial charge in [0.25, 0.3) is 0 Å². The second-order valence-electron chi connectivity index (χ2n) is 10.1. The second-order valence-corrected chi connectivity index (χ2v) is 10.1. The van der Waals surface area contributed by atoms with Crippen molar-refractivity contribution in [2.24, 2.45) is 5.41 Å². The summed E-state index contributed by atoms with van der Waals surface area (Å²) in [5.41, 5.74) is 3.21. The lowest BCUT2D eigenvalue weighted by atomic mass is 9.83. The van der Waals surface area contributed by atoms with Crippen LogP contribution in [0.25, 0.3) is 11.1 Å². The first-order chi connectivity index (χ1) is 16.3. The van der Waals surface area contributed by atoms with E-state index in [-0.39, 0.29) is 30.9 Å². The summed E-state index contributed by atoms with van der Waals surface area (Å²) in [5.74, 6) is -1.13. The Kier molecular flexibility index (Phi) is 5.58. The number of nitrogens with one attached hydrogen (secondary N) is 2. The number of hydrogen-bond acceptors (Lipinski definition) is 4. The zero-order chi connectivity index (χ0) is 23.9. The molecule has 2 amide bonds. The van der Waals surface area contributed by atoms with E-state index < -0.39 is 23.0 Å². The molecule has 0 heterocycles. The van der Waals surface area contributed by atoms with Gasteiger partial charge in [0, 0.05) is 12.0 Å². The van der Waals surface area contributed by atoms with E-state index in [0.717, 1.165) is 17.5 Å². The van der Waals surface area contributed by atoms with Crippen molar-refractivity contribution in [1.29, 1.82) is 0 Å². The molecule has 0 aliphatic heterocycles. The van der Waals surface area contributed by atoms with E-state index in [0.29, 0.717) is 25.7 Å². The molecule has 3 N–H and O–H groups in total. The van der Waals surface area contributed by atoms with Crippen molar-refractivity contribution < 1.29 is 24.2 Å². The molecule has 34 heavy (non-hydrogen) atoms. The Bertz CT molecular complexity index is 1100. The van der Waals surface area contributed by atoms with Crippen molar-refractivity contribution in [2.75, 3.05) is 6.61 Å². The summed E-state index contributed by atoms with van der Waals surface area (Å²) in [6.45, 7) is 2.07. The molecule has 0 spiro atoms. The number of benzene rings is 2. The van der Waals surface area contributed by atoms with Gasteiger partial charge in [0.1, 0.15) is 6.61 Å². The van der Waals surface area contributed by atoms with E-state index in [2.05, 4.69) is 34.9 Å². The van der Waals surface area contributed by atoms with Gasteiger partial charge in [-0.2, -0.15) is 0 Å². The summed E-state index contributed by atoms with van der Waals surface area (Å²) >= 11 is 0. The molecule has 2 atom stereocenters. The molecule has 178 valence electrons. The maximum absolute atomic E-state index is 13.1. The fraction of sp³-hybridized carbons (Fsp3) is 0.444. The molecule has 0 bridgehead atoms. The molecular weight excluding hydrogens is 432 g/mol. The topological polar surface area (TPSA) is 105 Å². The molecule has 7 nitrogen and oxygen atoms in total. The Morgan fingerprint density at radius 2 is 1.62 bits per heavy atom. The minimum Gasteiger partial charge on any atom is -0.481 e. The highest BCUT2D eigenvalue weighted by Crippen LogP contribution is 2.45. The number of ether oxygens (including phenoxy) is 1. The van der Waals surface area contributed by atoms with Crippen molar-refractivity contribution in [1.82, 2.24) is 10.6 Å². The fourth-order valence-electron chi connectivity index (χ4n) is 5.62. The van der Waals surface area contributed by atoms with Crippen LogP contribution in [0.3, 0.4) is 0 Å². The van der Waals surface area contributed by atoms with Gasteiger partial charge in [0.15, 0.2) is 0 Å². The third kappa shape index (κ3) is 4.04. The summed E-state index contributed by atoms with van der Waals surface area (Å²) in [7, 11) is 0. The van der Waals surface area contributed by atoms with E-state index >= 15 is 0 Å². The van der Waals surface area contributed by atoms with E-state index in [1.807, 2.05) is 31.2 Å². The van der Waals surface area contributed by atoms with Crippen LogP contribution in [0.1, 0.15) is 62.5 Å². The maximum atomic E-state index is 13.1. The molecule has 2 fully saturated rings. The largest absolute Gasteiger partial charge is 0.481 e. The van der Waals surface area contributed by atoms with Crippen LogP contribution in [-0.2, 0) is 14.3 Å². The molecule has 2 unspecified atom stereocenters. The third-order valence-corrected chi connectivity index (χ3v) is 7.83. The fourth-order valence-corrected chi connectivity index (χ4v) is 5.62. The average Bonchev–Trinajstić information content (AvgIpc) is 3.33. The smallest absolute Gasteiger partial charge is 0.407 e. The monoisotopic (exact) mass is 462 g/mol. The number of hydrogen-bond donors (Lipinski definition) is 3. The molecule has 2 aromatic rings. The Morgan fingerprint density at radius 1 is 1.00 bits per heavy atom. The molecule has 5 rings (SSSR count). The van der Waals surface area contributed by atoms with Crippen LogP contribution >= 0.6 is 0 Å². The SMILES string of the molecule is CC1(C(=O)NC2(CC(=O)O)CC2)CCCC1NC(=O)OCC1c2ccccc2-c2ccccc21. The predicted molar refractivity (Wildman–Crippen MR) is 126 cm³/mol. The zero-order valence-electron chi connectivity index (χ0n) is 19.3. The van der Waals surface area contributed by atoms with Crippen LogP contribution in [0.4, 0.5) is 4.79 Å². The number of carboxylic acid groups (broad SMARTS) is 1. The first-order valence-electron chi connectivity index (χ1n) is 12.0. The van der Waals surface area contributed by atoms with Crippen LogP contribution in [0.2, 0.25) is 0 Å². The van der Waals surface area contributed by atoms with E-state index in [4.69, 9.17) is 9.84 Å². The third-order valence-electron chi connectivity index (χ3n) is 7.83. The lowest BCUT2D eigenvalue weighted by Crippen LogP contribution is -2.54. The van der Waals surface area contributed by atoms with Crippen molar-refractivity contribution in [2.45, 2.75) is 62.9 Å². The van der Waals surface area contributed by atoms with Gasteiger partial charge in [-0.3, -0.25) is 9.59 Å². The molecule has 2 aromatic carbocycles. The molecule has 0 radical (unpaired) electrons. The minimum atomic E-state index is -0.914. The van der Waals surface area contributed by atoms with Gasteiger partial charge in [0.2, 0.25) is 5.91 Å². The normalized spacial score (nSPS) is 24.1. The van der Waals surface area contributed by atoms with Crippen LogP contribution in [0, 0.1) is 5.41 Å². The zero-order valence-corrected chi connectivity index (χ0v) is 19.3. The summed E-state index contributed by atoms with van der Waals surface area (Å²) in [6.07, 6.45) is 2.87. The van der Waals surface area contributed by atoms with Gasteiger partial charge in [-0.05, 0) is 54.9 Å². The Labute approximate surface area is 198 Å². The van der Waals surface area contributed by atoms with Gasteiger partial charge in [-0.1, -0.05) is 55.0 Å². The van der Waals surface area contributed by atoms with Crippen LogP contribution in [0.5, 0.6) is 0 Å². The van der Waals surface area contributed by atoms with Gasteiger partial charge >= 0.3 is 12.1 Å². The number of carbonyl (C=O) groups excluding carboxylic acids is 2. The standard InChI is InChI=1S/C27H30N2O5/c1-26(24(32)29-27(13-14-27)15-23(30)31)12-6-11-22(26)28-25(33)34-16-21-19-9-4-2-7-17(19)18-8-3-5-10-20(18)21/h2-5,7-10,21-22H,6,11-16H2,1H3,(H,28,33)(H,29,32)(H,30,31). The van der Waals surface area contributed by atoms with Crippen molar-refractivity contribution in [3.05, 3.63) is 59.7 Å². The molecule has 2 saturated carbocycles. The number of amides is 2. The molecule has 3 aliphatic rings. The van der Waals surface area contributed by atoms with E-state index in [1.165, 1.54) is 11.1 Å². The average molecular weight is 463 g/mol. The lowest BCUT2D eigenvalue weighted by Gasteiger charge is -2.32. The van der Waals surface area contributed by atoms with Gasteiger partial charge in [0.05, 0.1) is 17.4 Å². The minimum absolute atomic E-state index is 0.0258. The maximum Gasteiger partial charge on any atom is 0.407 e. The Morgan fingerprint density at radius 3 is 2.21 bits per heavy atom. The molecular formula is C27H30N2O5. The number of fused-ring (bicyclic) bond motifs is 3. The summed E-state index contributed by atoms with van der Waals surface area (Å²) < 4.78 is 5.68. The van der Waals surface area contributed by atoms with Crippen LogP contribution < -0.4 is 10.6 Å². The highest BCUT2D eigenvalue weighted by Gasteiger charge is 2.52.